The van der Waals surface area contributed by atoms with Crippen LogP contribution < -0.4 is 5.32 Å². The Balaban J connectivity index is 3.04. The Morgan fingerprint density at radius 2 is 2.10 bits per heavy atom. The fraction of sp³-hybridized carbons (Fsp3) is 0.250. The Morgan fingerprint density at radius 1 is 1.40 bits per heavy atom. The molecule has 0 saturated heterocycles. The molecule has 0 fully saturated rings. The molecule has 1 rings (SSSR count). The number of halogens is 1. The third kappa shape index (κ3) is 1.62. The van der Waals surface area contributed by atoms with Crippen molar-refractivity contribution < 1.29 is 0 Å². The van der Waals surface area contributed by atoms with Crippen molar-refractivity contribution in [2.45, 2.75) is 6.92 Å². The van der Waals surface area contributed by atoms with E-state index in [-0.39, 0.29) is 0 Å². The molecule has 0 saturated carbocycles. The fourth-order valence-electron chi connectivity index (χ4n) is 0.748. The molecule has 0 aliphatic carbocycles. The summed E-state index contributed by atoms with van der Waals surface area (Å²) in [6.45, 7) is 2.11. The van der Waals surface area contributed by atoms with Crippen LogP contribution in [-0.4, -0.2) is 7.05 Å². The van der Waals surface area contributed by atoms with Crippen LogP contribution in [0.1, 0.15) is 5.56 Å². The van der Waals surface area contributed by atoms with Gasteiger partial charge in [0.15, 0.2) is 0 Å². The highest BCUT2D eigenvalue weighted by molar-refractivity contribution is 14.1. The molecule has 1 nitrogen and oxygen atoms in total. The van der Waals surface area contributed by atoms with E-state index in [1.165, 1.54) is 14.8 Å². The minimum absolute atomic E-state index is 1.18. The monoisotopic (exact) mass is 247 g/mol. The Labute approximate surface area is 75.0 Å². The van der Waals surface area contributed by atoms with E-state index >= 15 is 0 Å². The number of benzene rings is 1. The van der Waals surface area contributed by atoms with Crippen LogP contribution in [-0.2, 0) is 0 Å². The minimum atomic E-state index is 1.18. The molecule has 0 spiro atoms. The molecule has 0 bridgehead atoms. The van der Waals surface area contributed by atoms with Gasteiger partial charge in [0, 0.05) is 16.3 Å². The van der Waals surface area contributed by atoms with Crippen LogP contribution in [0.3, 0.4) is 0 Å². The summed E-state index contributed by atoms with van der Waals surface area (Å²) >= 11 is 2.33. The zero-order valence-corrected chi connectivity index (χ0v) is 8.27. The molecule has 0 unspecified atom stereocenters. The van der Waals surface area contributed by atoms with Crippen molar-refractivity contribution in [3.8, 4) is 0 Å². The summed E-state index contributed by atoms with van der Waals surface area (Å²) in [5.41, 5.74) is 2.51. The normalized spacial score (nSPS) is 9.50. The number of anilines is 1. The van der Waals surface area contributed by atoms with Crippen molar-refractivity contribution in [1.82, 2.24) is 0 Å². The van der Waals surface area contributed by atoms with Crippen LogP contribution in [0.15, 0.2) is 18.2 Å². The third-order valence-corrected chi connectivity index (χ3v) is 2.62. The summed E-state index contributed by atoms with van der Waals surface area (Å²) in [5.74, 6) is 0. The number of hydrogen-bond donors (Lipinski definition) is 1. The summed E-state index contributed by atoms with van der Waals surface area (Å²) in [6, 6.07) is 6.33. The summed E-state index contributed by atoms with van der Waals surface area (Å²) in [5, 5.41) is 3.09. The van der Waals surface area contributed by atoms with E-state index in [0.717, 1.165) is 0 Å². The molecular formula is C8H10IN. The van der Waals surface area contributed by atoms with Crippen LogP contribution in [0.25, 0.3) is 0 Å². The van der Waals surface area contributed by atoms with Gasteiger partial charge >= 0.3 is 0 Å². The molecule has 10 heavy (non-hydrogen) atoms. The lowest BCUT2D eigenvalue weighted by atomic mass is 10.2. The maximum atomic E-state index is 3.09. The van der Waals surface area contributed by atoms with Crippen molar-refractivity contribution in [2.24, 2.45) is 0 Å². The van der Waals surface area contributed by atoms with Gasteiger partial charge in [0.25, 0.3) is 0 Å². The molecule has 1 aromatic rings. The molecule has 0 heterocycles. The first-order chi connectivity index (χ1) is 4.74. The highest BCUT2D eigenvalue weighted by atomic mass is 127. The zero-order valence-electron chi connectivity index (χ0n) is 6.11. The van der Waals surface area contributed by atoms with Crippen LogP contribution in [0.4, 0.5) is 5.69 Å². The van der Waals surface area contributed by atoms with Crippen LogP contribution in [0, 0.1) is 10.5 Å². The van der Waals surface area contributed by atoms with Crippen molar-refractivity contribution in [3.05, 3.63) is 27.3 Å². The quantitative estimate of drug-likeness (QED) is 0.752. The van der Waals surface area contributed by atoms with E-state index < -0.39 is 0 Å². The topological polar surface area (TPSA) is 12.0 Å². The molecular weight excluding hydrogens is 237 g/mol. The standard InChI is InChI=1S/C8H10IN/c1-6-3-4-7(10-2)5-8(6)9/h3-5,10H,1-2H3. The molecule has 0 aliphatic rings. The first-order valence-corrected chi connectivity index (χ1v) is 4.26. The second kappa shape index (κ2) is 3.23. The van der Waals surface area contributed by atoms with Gasteiger partial charge in [-0.15, -0.1) is 0 Å². The van der Waals surface area contributed by atoms with Crippen LogP contribution in [0.2, 0.25) is 0 Å². The smallest absolute Gasteiger partial charge is 0.0348 e. The number of aryl methyl sites for hydroxylation is 1. The third-order valence-electron chi connectivity index (χ3n) is 1.46. The van der Waals surface area contributed by atoms with Gasteiger partial charge in [-0.3, -0.25) is 0 Å². The SMILES string of the molecule is CNc1ccc(C)c(I)c1. The molecule has 0 amide bonds. The molecule has 1 N–H and O–H groups in total. The zero-order chi connectivity index (χ0) is 7.56. The molecule has 2 heteroatoms. The predicted octanol–water partition coefficient (Wildman–Crippen LogP) is 2.64. The van der Waals surface area contributed by atoms with Gasteiger partial charge in [0.2, 0.25) is 0 Å². The molecule has 0 aromatic heterocycles. The largest absolute Gasteiger partial charge is 0.388 e. The van der Waals surface area contributed by atoms with Crippen molar-refractivity contribution in [1.29, 1.82) is 0 Å². The van der Waals surface area contributed by atoms with Crippen molar-refractivity contribution in [3.63, 3.8) is 0 Å². The molecule has 0 atom stereocenters. The predicted molar refractivity (Wildman–Crippen MR) is 53.4 cm³/mol. The number of rotatable bonds is 1. The first kappa shape index (κ1) is 7.85. The van der Waals surface area contributed by atoms with Gasteiger partial charge in [-0.2, -0.15) is 0 Å². The van der Waals surface area contributed by atoms with E-state index in [1.54, 1.807) is 0 Å². The summed E-state index contributed by atoms with van der Waals surface area (Å²) in [4.78, 5) is 0. The Hall–Kier alpha value is -0.250. The van der Waals surface area contributed by atoms with Gasteiger partial charge < -0.3 is 5.32 Å². The van der Waals surface area contributed by atoms with Crippen LogP contribution in [0.5, 0.6) is 0 Å². The Morgan fingerprint density at radius 3 is 2.60 bits per heavy atom. The second-order valence-electron chi connectivity index (χ2n) is 2.21. The lowest BCUT2D eigenvalue weighted by molar-refractivity contribution is 1.40. The van der Waals surface area contributed by atoms with E-state index in [0.29, 0.717) is 0 Å². The second-order valence-corrected chi connectivity index (χ2v) is 3.38. The Bertz CT molecular complexity index is 233. The van der Waals surface area contributed by atoms with E-state index in [1.807, 2.05) is 7.05 Å². The number of hydrogen-bond acceptors (Lipinski definition) is 1. The number of nitrogens with one attached hydrogen (secondary N) is 1. The van der Waals surface area contributed by atoms with Gasteiger partial charge in [-0.05, 0) is 47.2 Å². The van der Waals surface area contributed by atoms with E-state index in [2.05, 4.69) is 53.0 Å². The fourth-order valence-corrected chi connectivity index (χ4v) is 1.26. The maximum Gasteiger partial charge on any atom is 0.0348 e. The van der Waals surface area contributed by atoms with Crippen molar-refractivity contribution >= 4 is 28.3 Å². The molecule has 0 radical (unpaired) electrons. The molecule has 1 aromatic carbocycles. The summed E-state index contributed by atoms with van der Waals surface area (Å²) < 4.78 is 1.31. The van der Waals surface area contributed by atoms with Gasteiger partial charge in [0.1, 0.15) is 0 Å². The van der Waals surface area contributed by atoms with Gasteiger partial charge in [0.05, 0.1) is 0 Å². The molecule has 54 valence electrons. The average molecular weight is 247 g/mol. The average Bonchev–Trinajstić information content (AvgIpc) is 1.95. The maximum absolute atomic E-state index is 3.09. The lowest BCUT2D eigenvalue weighted by Crippen LogP contribution is -1.88. The molecule has 0 aliphatic heterocycles. The van der Waals surface area contributed by atoms with E-state index in [4.69, 9.17) is 0 Å². The summed E-state index contributed by atoms with van der Waals surface area (Å²) in [6.07, 6.45) is 0. The Kier molecular flexibility index (Phi) is 2.54. The minimum Gasteiger partial charge on any atom is -0.388 e. The van der Waals surface area contributed by atoms with Gasteiger partial charge in [-0.1, -0.05) is 6.07 Å². The van der Waals surface area contributed by atoms with Gasteiger partial charge in [-0.25, -0.2) is 0 Å². The lowest BCUT2D eigenvalue weighted by Gasteiger charge is -2.01. The first-order valence-electron chi connectivity index (χ1n) is 3.18. The highest BCUT2D eigenvalue weighted by Gasteiger charge is 1.93. The summed E-state index contributed by atoms with van der Waals surface area (Å²) in [7, 11) is 1.93. The highest BCUT2D eigenvalue weighted by Crippen LogP contribution is 2.15. The van der Waals surface area contributed by atoms with Crippen LogP contribution >= 0.6 is 22.6 Å². The van der Waals surface area contributed by atoms with Crippen molar-refractivity contribution in [2.75, 3.05) is 12.4 Å². The van der Waals surface area contributed by atoms with E-state index in [9.17, 15) is 0 Å².